The molecule has 213 valence electrons. The summed E-state index contributed by atoms with van der Waals surface area (Å²) in [6.07, 6.45) is 3.26. The number of nitrogen functional groups attached to an aromatic ring is 2. The zero-order valence-electron chi connectivity index (χ0n) is 21.7. The average molecular weight is 608 g/mol. The smallest absolute Gasteiger partial charge is 0.450 e. The van der Waals surface area contributed by atoms with Crippen LogP contribution in [0.25, 0.3) is 22.3 Å². The molecule has 0 aliphatic carbocycles. The summed E-state index contributed by atoms with van der Waals surface area (Å²) in [7, 11) is -0.414. The van der Waals surface area contributed by atoms with E-state index in [0.29, 0.717) is 40.9 Å². The quantitative estimate of drug-likeness (QED) is 0.117. The fourth-order valence-corrected chi connectivity index (χ4v) is 4.51. The van der Waals surface area contributed by atoms with E-state index >= 15 is 0 Å². The van der Waals surface area contributed by atoms with Crippen molar-refractivity contribution in [3.63, 3.8) is 0 Å². The number of fused-ring (bicyclic) bond motifs is 2. The largest absolute Gasteiger partial charge is 0.488 e. The molecule has 0 unspecified atom stereocenters. The molecule has 1 radical (unpaired) electrons. The van der Waals surface area contributed by atoms with Crippen LogP contribution in [0.5, 0.6) is 0 Å². The number of hydrogen-bond acceptors (Lipinski definition) is 11. The van der Waals surface area contributed by atoms with Gasteiger partial charge < -0.3 is 41.1 Å². The predicted molar refractivity (Wildman–Crippen MR) is 162 cm³/mol. The molecule has 2 aromatic carbocycles. The molecule has 0 bridgehead atoms. The van der Waals surface area contributed by atoms with E-state index in [0.717, 1.165) is 24.1 Å². The number of aromatic nitrogens is 8. The second-order valence-electron chi connectivity index (χ2n) is 8.82. The van der Waals surface area contributed by atoms with E-state index in [4.69, 9.17) is 49.7 Å². The van der Waals surface area contributed by atoms with Gasteiger partial charge in [0.25, 0.3) is 0 Å². The number of halogens is 2. The summed E-state index contributed by atoms with van der Waals surface area (Å²) in [5.41, 5.74) is 16.5. The first-order valence-corrected chi connectivity index (χ1v) is 12.8. The number of imidazole rings is 2. The third-order valence-electron chi connectivity index (χ3n) is 6.00. The monoisotopic (exact) mass is 607 g/mol. The zero-order valence-corrected chi connectivity index (χ0v) is 23.2. The molecule has 14 nitrogen and oxygen atoms in total. The zero-order chi connectivity index (χ0) is 29.1. The maximum atomic E-state index is 9.07. The summed E-state index contributed by atoms with van der Waals surface area (Å²) < 4.78 is 3.65. The van der Waals surface area contributed by atoms with Gasteiger partial charge in [0.1, 0.15) is 11.0 Å². The Morgan fingerprint density at radius 2 is 1.33 bits per heavy atom. The van der Waals surface area contributed by atoms with E-state index < -0.39 is 7.12 Å². The van der Waals surface area contributed by atoms with E-state index in [9.17, 15) is 0 Å². The number of hydrogen-bond donors (Lipinski definition) is 5. The minimum atomic E-state index is -1.47. The highest BCUT2D eigenvalue weighted by Gasteiger charge is 2.13. The van der Waals surface area contributed by atoms with Crippen LogP contribution in [0.15, 0.2) is 61.2 Å². The van der Waals surface area contributed by atoms with Crippen molar-refractivity contribution >= 4 is 83.0 Å². The summed E-state index contributed by atoms with van der Waals surface area (Å²) in [5.74, 6) is 0.202. The lowest BCUT2D eigenvalue weighted by Gasteiger charge is -2.06. The Kier molecular flexibility index (Phi) is 9.57. The van der Waals surface area contributed by atoms with E-state index in [-0.39, 0.29) is 27.7 Å². The molecule has 0 saturated carbocycles. The van der Waals surface area contributed by atoms with Crippen molar-refractivity contribution in [1.29, 1.82) is 0 Å². The topological polar surface area (TPSA) is 231 Å². The molecule has 0 aliphatic heterocycles. The summed E-state index contributed by atoms with van der Waals surface area (Å²) in [6.45, 7) is 1.08. The number of nitrogens with zero attached hydrogens (tertiary/aromatic N) is 8. The lowest BCUT2D eigenvalue weighted by molar-refractivity contribution is 0.426. The fraction of sp³-hybridized carbons (Fsp3) is 0.0833. The van der Waals surface area contributed by atoms with Crippen LogP contribution in [-0.4, -0.2) is 74.2 Å². The highest BCUT2D eigenvalue weighted by molar-refractivity contribution is 6.58. The first-order valence-electron chi connectivity index (χ1n) is 12.0. The number of nitrogens with two attached hydrogens (primary N) is 2. The molecule has 0 atom stereocenters. The molecule has 0 amide bonds. The van der Waals surface area contributed by atoms with Crippen LogP contribution in [-0.2, 0) is 13.1 Å². The van der Waals surface area contributed by atoms with Crippen LogP contribution < -0.4 is 22.4 Å². The van der Waals surface area contributed by atoms with Crippen molar-refractivity contribution in [1.82, 2.24) is 39.0 Å². The molecule has 0 fully saturated rings. The maximum Gasteiger partial charge on any atom is 0.488 e. The molecule has 4 heterocycles. The Labute approximate surface area is 249 Å². The highest BCUT2D eigenvalue weighted by atomic mass is 35.5. The number of anilines is 2. The van der Waals surface area contributed by atoms with Crippen LogP contribution in [0.1, 0.15) is 11.1 Å². The van der Waals surface area contributed by atoms with Crippen molar-refractivity contribution in [3.05, 3.63) is 82.6 Å². The van der Waals surface area contributed by atoms with E-state index in [1.807, 2.05) is 33.4 Å². The van der Waals surface area contributed by atoms with Gasteiger partial charge in [-0.05, 0) is 16.6 Å². The van der Waals surface area contributed by atoms with Gasteiger partial charge in [-0.2, -0.15) is 19.9 Å². The predicted octanol–water partition coefficient (Wildman–Crippen LogP) is -0.688. The molecule has 42 heavy (non-hydrogen) atoms. The summed E-state index contributed by atoms with van der Waals surface area (Å²) >= 11 is 12.1. The molecule has 0 spiro atoms. The standard InChI is InChI=1S/C12H11BClN5O2.C12H10BClN5O.H2O/c14-10-9-11(18-12(15)17-10)16-6-19(9)5-7-1-3-8(4-2-7)13(20)21;14-10-9-11(18-12(15)17-10)19(6-16-9)5-7-1-3-8(13-20)4-2-7;/h1-4,6,20-21H,5H2,(H2,15,17,18);1-4,6,20H,5H2,(H2,15,17,18);1H2. The maximum absolute atomic E-state index is 9.07. The molecule has 6 aromatic rings. The van der Waals surface area contributed by atoms with E-state index in [1.54, 1.807) is 36.9 Å². The van der Waals surface area contributed by atoms with Crippen LogP contribution in [0.3, 0.4) is 0 Å². The Bertz CT molecular complexity index is 1820. The van der Waals surface area contributed by atoms with Gasteiger partial charge in [0.2, 0.25) is 11.9 Å². The molecular formula is C24H23B2Cl2N10O4. The van der Waals surface area contributed by atoms with Crippen molar-refractivity contribution in [2.75, 3.05) is 11.5 Å². The lowest BCUT2D eigenvalue weighted by Crippen LogP contribution is -2.29. The lowest BCUT2D eigenvalue weighted by atomic mass is 9.80. The Balaban J connectivity index is 0.000000189. The van der Waals surface area contributed by atoms with Crippen LogP contribution in [0.4, 0.5) is 11.9 Å². The van der Waals surface area contributed by atoms with E-state index in [2.05, 4.69) is 29.9 Å². The molecule has 9 N–H and O–H groups in total. The summed E-state index contributed by atoms with van der Waals surface area (Å²) in [6, 6.07) is 14.4. The minimum absolute atomic E-state index is 0. The number of benzene rings is 2. The van der Waals surface area contributed by atoms with Gasteiger partial charge in [-0.3, -0.25) is 0 Å². The normalized spacial score (nSPS) is 10.7. The second-order valence-corrected chi connectivity index (χ2v) is 9.54. The fourth-order valence-electron chi connectivity index (χ4n) is 4.01. The van der Waals surface area contributed by atoms with Crippen molar-refractivity contribution in [3.8, 4) is 0 Å². The van der Waals surface area contributed by atoms with Crippen LogP contribution in [0.2, 0.25) is 10.3 Å². The van der Waals surface area contributed by atoms with Crippen LogP contribution in [0, 0.1) is 0 Å². The second kappa shape index (κ2) is 13.1. The first kappa shape index (κ1) is 30.6. The molecule has 0 aliphatic rings. The third-order valence-corrected chi connectivity index (χ3v) is 6.53. The molecule has 0 saturated heterocycles. The van der Waals surface area contributed by atoms with Gasteiger partial charge in [0.15, 0.2) is 21.6 Å². The minimum Gasteiger partial charge on any atom is -0.450 e. The molecular weight excluding hydrogens is 585 g/mol. The first-order chi connectivity index (χ1) is 19.7. The van der Waals surface area contributed by atoms with Gasteiger partial charge in [-0.25, -0.2) is 9.97 Å². The summed E-state index contributed by atoms with van der Waals surface area (Å²) in [4.78, 5) is 24.3. The third kappa shape index (κ3) is 6.76. The molecule has 4 aromatic heterocycles. The highest BCUT2D eigenvalue weighted by Crippen LogP contribution is 2.22. The van der Waals surface area contributed by atoms with Gasteiger partial charge >= 0.3 is 14.6 Å². The molecule has 18 heteroatoms. The van der Waals surface area contributed by atoms with Gasteiger partial charge in [0, 0.05) is 6.54 Å². The Morgan fingerprint density at radius 3 is 1.98 bits per heavy atom. The van der Waals surface area contributed by atoms with E-state index in [1.165, 1.54) is 0 Å². The van der Waals surface area contributed by atoms with Crippen molar-refractivity contribution < 1.29 is 20.5 Å². The average Bonchev–Trinajstić information content (AvgIpc) is 3.54. The summed E-state index contributed by atoms with van der Waals surface area (Å²) in [5, 5.41) is 27.5. The SMILES string of the molecule is Nc1nc(Cl)c2c(ncn2Cc2ccc(B(O)O)cc2)n1.Nc1nc(Cl)c2ncn(Cc3ccc([B]O)cc3)c2n1.O. The van der Waals surface area contributed by atoms with Gasteiger partial charge in [-0.15, -0.1) is 0 Å². The van der Waals surface area contributed by atoms with Gasteiger partial charge in [-0.1, -0.05) is 77.2 Å². The molecule has 6 rings (SSSR count). The number of rotatable bonds is 6. The Hall–Kier alpha value is -4.31. The van der Waals surface area contributed by atoms with Crippen LogP contribution >= 0.6 is 23.2 Å². The van der Waals surface area contributed by atoms with Crippen molar-refractivity contribution in [2.45, 2.75) is 13.1 Å². The Morgan fingerprint density at radius 1 is 0.762 bits per heavy atom. The van der Waals surface area contributed by atoms with Crippen molar-refractivity contribution in [2.24, 2.45) is 0 Å². The van der Waals surface area contributed by atoms with Gasteiger partial charge in [0.05, 0.1) is 19.2 Å².